The number of aliphatic hydroxyl groups is 1. The van der Waals surface area contributed by atoms with Gasteiger partial charge in [0, 0.05) is 99.1 Å². The Morgan fingerprint density at radius 2 is 1.70 bits per heavy atom. The molecule has 79 heavy (non-hydrogen) atoms. The van der Waals surface area contributed by atoms with Crippen LogP contribution in [0.4, 0.5) is 21.6 Å². The number of pyridine rings is 2. The van der Waals surface area contributed by atoms with Gasteiger partial charge < -0.3 is 29.8 Å². The first-order valence-corrected chi connectivity index (χ1v) is 30.4. The van der Waals surface area contributed by atoms with Gasteiger partial charge in [-0.15, -0.1) is 0 Å². The van der Waals surface area contributed by atoms with Gasteiger partial charge in [-0.1, -0.05) is 50.2 Å². The van der Waals surface area contributed by atoms with E-state index in [-0.39, 0.29) is 57.2 Å². The Labute approximate surface area is 460 Å². The number of H-pyrrole nitrogens is 1. The SMILES string of the molecule is COc1nc2[nH]cc(F)c2cc1Oc1cc(N2CCC3(CC2)CC(N2CCN(Cc4ccc(S(C)(=N)=O)cc4)C[C@H]2c2ccccc2C(C)C)C3)ccc1C(=O)NS(=O)(=O)c1cnc(NCC2CCC(C)(O)CC2)c([N+](=O)[O-])c1. The van der Waals surface area contributed by atoms with Gasteiger partial charge in [0.25, 0.3) is 21.8 Å². The van der Waals surface area contributed by atoms with Gasteiger partial charge in [0.2, 0.25) is 5.82 Å². The van der Waals surface area contributed by atoms with Crippen LogP contribution in [0.1, 0.15) is 111 Å². The third-order valence-corrected chi connectivity index (χ3v) is 19.2. The van der Waals surface area contributed by atoms with E-state index in [0.717, 1.165) is 75.9 Å². The van der Waals surface area contributed by atoms with Crippen LogP contribution in [0, 0.1) is 32.0 Å². The molecule has 22 heteroatoms. The van der Waals surface area contributed by atoms with Gasteiger partial charge in [-0.2, -0.15) is 4.98 Å². The molecule has 0 radical (unpaired) electrons. The van der Waals surface area contributed by atoms with E-state index in [4.69, 9.17) is 14.3 Å². The molecule has 0 bridgehead atoms. The molecule has 5 heterocycles. The number of halogens is 1. The third-order valence-electron chi connectivity index (χ3n) is 16.7. The molecule has 1 amide bonds. The number of aromatic nitrogens is 3. The summed E-state index contributed by atoms with van der Waals surface area (Å²) in [6, 6.07) is 24.1. The molecule has 420 valence electrons. The van der Waals surface area contributed by atoms with E-state index in [1.165, 1.54) is 36.6 Å². The predicted molar refractivity (Wildman–Crippen MR) is 299 cm³/mol. The molecule has 3 aromatic carbocycles. The first-order valence-electron chi connectivity index (χ1n) is 26.9. The fourth-order valence-electron chi connectivity index (χ4n) is 12.1. The maximum absolute atomic E-state index is 14.9. The van der Waals surface area contributed by atoms with Crippen LogP contribution in [-0.4, -0.2) is 118 Å². The number of anilines is 2. The number of piperidine rings is 1. The van der Waals surface area contributed by atoms with Gasteiger partial charge in [-0.3, -0.25) is 24.7 Å². The normalized spacial score (nSPS) is 21.8. The molecule has 4 fully saturated rings. The Bertz CT molecular complexity index is 3480. The van der Waals surface area contributed by atoms with Crippen molar-refractivity contribution in [3.05, 3.63) is 129 Å². The summed E-state index contributed by atoms with van der Waals surface area (Å²) < 4.78 is 77.1. The van der Waals surface area contributed by atoms with Crippen molar-refractivity contribution in [1.82, 2.24) is 29.5 Å². The summed E-state index contributed by atoms with van der Waals surface area (Å²) in [5, 5.41) is 25.7. The second-order valence-electron chi connectivity index (χ2n) is 22.7. The van der Waals surface area contributed by atoms with E-state index in [0.29, 0.717) is 67.9 Å². The summed E-state index contributed by atoms with van der Waals surface area (Å²) in [6.45, 7) is 11.5. The number of sulfonamides is 1. The van der Waals surface area contributed by atoms with Crippen LogP contribution in [-0.2, 0) is 26.3 Å². The molecule has 1 unspecified atom stereocenters. The Morgan fingerprint density at radius 3 is 2.38 bits per heavy atom. The van der Waals surface area contributed by atoms with Gasteiger partial charge in [0.15, 0.2) is 5.75 Å². The number of aromatic amines is 1. The van der Waals surface area contributed by atoms with Gasteiger partial charge in [0.1, 0.15) is 22.1 Å². The van der Waals surface area contributed by atoms with Crippen molar-refractivity contribution in [3.8, 4) is 17.4 Å². The van der Waals surface area contributed by atoms with Crippen molar-refractivity contribution in [3.63, 3.8) is 0 Å². The quantitative estimate of drug-likeness (QED) is 0.0421. The molecule has 2 saturated heterocycles. The lowest BCUT2D eigenvalue weighted by Crippen LogP contribution is -2.60. The second-order valence-corrected chi connectivity index (χ2v) is 26.5. The molecule has 19 nitrogen and oxygen atoms in total. The average Bonchev–Trinajstić information content (AvgIpc) is 3.92. The topological polar surface area (TPSA) is 249 Å². The van der Waals surface area contributed by atoms with Gasteiger partial charge in [-0.25, -0.2) is 31.5 Å². The molecule has 2 atom stereocenters. The predicted octanol–water partition coefficient (Wildman–Crippen LogP) is 9.74. The van der Waals surface area contributed by atoms with Crippen molar-refractivity contribution < 1.29 is 41.3 Å². The number of carbonyl (C=O) groups excluding carboxylic acids is 1. The minimum Gasteiger partial charge on any atom is -0.478 e. The van der Waals surface area contributed by atoms with Crippen LogP contribution < -0.4 is 24.4 Å². The zero-order valence-electron chi connectivity index (χ0n) is 45.2. The Morgan fingerprint density at radius 1 is 0.975 bits per heavy atom. The first kappa shape index (κ1) is 55.6. The molecule has 6 aromatic rings. The number of carbonyl (C=O) groups is 1. The molecular formula is C57H69FN10O9S2. The number of amides is 1. The molecule has 3 aromatic heterocycles. The number of rotatable bonds is 17. The highest BCUT2D eigenvalue weighted by Crippen LogP contribution is 2.53. The Balaban J connectivity index is 0.854. The van der Waals surface area contributed by atoms with Crippen molar-refractivity contribution in [1.29, 1.82) is 4.78 Å². The summed E-state index contributed by atoms with van der Waals surface area (Å²) in [4.78, 5) is 44.3. The van der Waals surface area contributed by atoms with E-state index >= 15 is 0 Å². The van der Waals surface area contributed by atoms with Gasteiger partial charge in [0.05, 0.1) is 44.5 Å². The molecular weight excluding hydrogens is 1050 g/mol. The van der Waals surface area contributed by atoms with E-state index in [1.54, 1.807) is 19.1 Å². The third kappa shape index (κ3) is 12.1. The van der Waals surface area contributed by atoms with E-state index < -0.39 is 52.6 Å². The number of fused-ring (bicyclic) bond motifs is 1. The van der Waals surface area contributed by atoms with E-state index in [2.05, 4.69) is 77.8 Å². The fourth-order valence-corrected chi connectivity index (χ4v) is 13.7. The lowest BCUT2D eigenvalue weighted by molar-refractivity contribution is -0.384. The largest absolute Gasteiger partial charge is 0.478 e. The second kappa shape index (κ2) is 22.1. The van der Waals surface area contributed by atoms with Crippen LogP contribution >= 0.6 is 0 Å². The maximum atomic E-state index is 14.9. The maximum Gasteiger partial charge on any atom is 0.312 e. The minimum atomic E-state index is -4.76. The number of nitrogens with zero attached hydrogens (tertiary/aromatic N) is 6. The molecule has 2 aliphatic heterocycles. The summed E-state index contributed by atoms with van der Waals surface area (Å²) in [5.74, 6) is -1.47. The fraction of sp³-hybridized carbons (Fsp3) is 0.456. The van der Waals surface area contributed by atoms with Crippen molar-refractivity contribution in [2.24, 2.45) is 11.3 Å². The highest BCUT2D eigenvalue weighted by molar-refractivity contribution is 7.91. The lowest BCUT2D eigenvalue weighted by atomic mass is 9.59. The van der Waals surface area contributed by atoms with Gasteiger partial charge in [-0.05, 0) is 116 Å². The van der Waals surface area contributed by atoms with Crippen LogP contribution in [0.25, 0.3) is 11.0 Å². The minimum absolute atomic E-state index is 0.0257. The number of hydrogen-bond donors (Lipinski definition) is 5. The number of benzene rings is 3. The number of nitro groups is 1. The zero-order chi connectivity index (χ0) is 56.0. The highest BCUT2D eigenvalue weighted by Gasteiger charge is 2.50. The zero-order valence-corrected chi connectivity index (χ0v) is 46.8. The summed E-state index contributed by atoms with van der Waals surface area (Å²) in [5.41, 5.74) is 3.34. The van der Waals surface area contributed by atoms with E-state index in [1.807, 2.05) is 24.3 Å². The van der Waals surface area contributed by atoms with Crippen LogP contribution in [0.2, 0.25) is 0 Å². The van der Waals surface area contributed by atoms with Crippen molar-refractivity contribution in [2.75, 3.05) is 62.9 Å². The van der Waals surface area contributed by atoms with Crippen LogP contribution in [0.15, 0.2) is 101 Å². The number of piperazine rings is 1. The molecule has 1 spiro atoms. The van der Waals surface area contributed by atoms with Crippen molar-refractivity contribution >= 4 is 53.9 Å². The molecule has 10 rings (SSSR count). The molecule has 4 aliphatic rings. The lowest BCUT2D eigenvalue weighted by Gasteiger charge is -2.58. The van der Waals surface area contributed by atoms with Crippen LogP contribution in [0.3, 0.4) is 0 Å². The smallest absolute Gasteiger partial charge is 0.312 e. The van der Waals surface area contributed by atoms with Gasteiger partial charge >= 0.3 is 5.69 Å². The summed E-state index contributed by atoms with van der Waals surface area (Å²) >= 11 is 0. The molecule has 2 saturated carbocycles. The standard InChI is InChI=1S/C57H69FN10O9S2/c1-36(2)43-8-6-7-9-44(43)49-35-65(34-38-10-13-41(14-11-38)78(5,59)73)24-25-67(49)40-29-57(30-40)20-22-66(23-21-57)39-12-15-45(50(26-39)77-51-28-46-47(58)33-62-52(46)63-55(51)76-4)54(69)64-79(74,75)42-27-48(68(71)72)53(61-32-42)60-31-37-16-18-56(3,70)19-17-37/h6-15,26-28,32-33,36-37,40,49,59,70H,16-25,29-31,34-35H2,1-5H3,(H,60,61)(H,62,63)(H,64,69)/t37?,49-,56?,78?/m0/s1. The Hall–Kier alpha value is -6.72. The first-order chi connectivity index (χ1) is 37.6. The van der Waals surface area contributed by atoms with Crippen LogP contribution in [0.5, 0.6) is 17.4 Å². The highest BCUT2D eigenvalue weighted by atomic mass is 32.2. The molecule has 2 aliphatic carbocycles. The summed E-state index contributed by atoms with van der Waals surface area (Å²) in [7, 11) is -6.19. The monoisotopic (exact) mass is 1120 g/mol. The van der Waals surface area contributed by atoms with E-state index in [9.17, 15) is 37.0 Å². The Kier molecular flexibility index (Phi) is 15.5. The number of nitrogens with one attached hydrogen (secondary N) is 4. The average molecular weight is 1120 g/mol. The summed E-state index contributed by atoms with van der Waals surface area (Å²) in [6.07, 6.45) is 10.1. The molecule has 5 N–H and O–H groups in total. The number of hydrogen-bond acceptors (Lipinski definition) is 16. The number of ether oxygens (including phenoxy) is 2. The van der Waals surface area contributed by atoms with Crippen molar-refractivity contribution in [2.45, 2.75) is 112 Å². The number of methoxy groups -OCH3 is 1.